The molecule has 1 atom stereocenters. The molecule has 1 heterocycles. The third-order valence-electron chi connectivity index (χ3n) is 2.20. The van der Waals surface area contributed by atoms with Crippen LogP contribution < -0.4 is 0 Å². The normalized spacial score (nSPS) is 23.7. The zero-order valence-electron chi connectivity index (χ0n) is 8.20. The van der Waals surface area contributed by atoms with E-state index >= 15 is 0 Å². The molecule has 0 aromatic carbocycles. The monoisotopic (exact) mass is 219 g/mol. The minimum absolute atomic E-state index is 0.692. The Morgan fingerprint density at radius 3 is 2.67 bits per heavy atom. The summed E-state index contributed by atoms with van der Waals surface area (Å²) in [5.74, 6) is -4.57. The molecule has 0 unspecified atom stereocenters. The number of carbonyl (C=O) groups excluding carboxylic acids is 2. The maximum atomic E-state index is 13.0. The van der Waals surface area contributed by atoms with Gasteiger partial charge in [0.2, 0.25) is 5.91 Å². The number of halogens is 2. The first-order valence-corrected chi connectivity index (χ1v) is 4.30. The van der Waals surface area contributed by atoms with Crippen LogP contribution in [0.2, 0.25) is 0 Å². The molecular weight excluding hydrogens is 208 g/mol. The second-order valence-corrected chi connectivity index (χ2v) is 3.27. The van der Waals surface area contributed by atoms with Crippen molar-refractivity contribution in [3.63, 3.8) is 0 Å². The van der Waals surface area contributed by atoms with Crippen LogP contribution in [0, 0.1) is 0 Å². The summed E-state index contributed by atoms with van der Waals surface area (Å²) in [5.41, 5.74) is 0. The number of esters is 1. The Morgan fingerprint density at radius 1 is 1.60 bits per heavy atom. The highest BCUT2D eigenvalue weighted by molar-refractivity contribution is 5.91. The third kappa shape index (κ3) is 2.31. The van der Waals surface area contributed by atoms with Gasteiger partial charge in [0.1, 0.15) is 6.04 Å². The zero-order valence-corrected chi connectivity index (χ0v) is 8.20. The SMILES string of the molecule is C=CC(=O)N1CC(F)(F)C[C@@H]1C(=O)OC. The molecular formula is C9H11F2NO3. The third-order valence-corrected chi connectivity index (χ3v) is 2.20. The fourth-order valence-corrected chi connectivity index (χ4v) is 1.51. The molecule has 0 aliphatic carbocycles. The van der Waals surface area contributed by atoms with Crippen LogP contribution in [-0.4, -0.2) is 42.4 Å². The second kappa shape index (κ2) is 3.96. The molecule has 0 aromatic heterocycles. The first-order chi connectivity index (χ1) is 6.91. The molecule has 1 saturated heterocycles. The predicted molar refractivity (Wildman–Crippen MR) is 47.3 cm³/mol. The Balaban J connectivity index is 2.88. The Hall–Kier alpha value is -1.46. The van der Waals surface area contributed by atoms with Crippen molar-refractivity contribution in [1.82, 2.24) is 4.90 Å². The van der Waals surface area contributed by atoms with E-state index in [0.717, 1.165) is 18.1 Å². The molecule has 0 bridgehead atoms. The van der Waals surface area contributed by atoms with E-state index in [1.807, 2.05) is 0 Å². The van der Waals surface area contributed by atoms with Crippen molar-refractivity contribution in [2.24, 2.45) is 0 Å². The molecule has 0 saturated carbocycles. The molecule has 1 rings (SSSR count). The molecule has 1 aliphatic heterocycles. The largest absolute Gasteiger partial charge is 0.467 e. The smallest absolute Gasteiger partial charge is 0.328 e. The molecule has 4 nitrogen and oxygen atoms in total. The van der Waals surface area contributed by atoms with Crippen molar-refractivity contribution >= 4 is 11.9 Å². The number of hydrogen-bond donors (Lipinski definition) is 0. The fourth-order valence-electron chi connectivity index (χ4n) is 1.51. The molecule has 84 valence electrons. The lowest BCUT2D eigenvalue weighted by Gasteiger charge is -2.19. The number of ether oxygens (including phenoxy) is 1. The summed E-state index contributed by atoms with van der Waals surface area (Å²) in [6.45, 7) is 2.42. The molecule has 0 radical (unpaired) electrons. The fraction of sp³-hybridized carbons (Fsp3) is 0.556. The summed E-state index contributed by atoms with van der Waals surface area (Å²) in [6.07, 6.45) is 0.205. The average Bonchev–Trinajstić information content (AvgIpc) is 2.52. The number of amides is 1. The van der Waals surface area contributed by atoms with E-state index in [4.69, 9.17) is 0 Å². The summed E-state index contributed by atoms with van der Waals surface area (Å²) >= 11 is 0. The van der Waals surface area contributed by atoms with Gasteiger partial charge >= 0.3 is 5.97 Å². The molecule has 0 spiro atoms. The van der Waals surface area contributed by atoms with Crippen molar-refractivity contribution in [3.8, 4) is 0 Å². The van der Waals surface area contributed by atoms with E-state index in [2.05, 4.69) is 11.3 Å². The van der Waals surface area contributed by atoms with Crippen LogP contribution in [0.25, 0.3) is 0 Å². The van der Waals surface area contributed by atoms with Gasteiger partial charge in [0.15, 0.2) is 0 Å². The van der Waals surface area contributed by atoms with Crippen LogP contribution in [0.1, 0.15) is 6.42 Å². The van der Waals surface area contributed by atoms with E-state index in [1.54, 1.807) is 0 Å². The van der Waals surface area contributed by atoms with Gasteiger partial charge in [-0.1, -0.05) is 6.58 Å². The van der Waals surface area contributed by atoms with Gasteiger partial charge in [0, 0.05) is 6.42 Å². The van der Waals surface area contributed by atoms with Gasteiger partial charge in [-0.25, -0.2) is 13.6 Å². The van der Waals surface area contributed by atoms with Gasteiger partial charge in [-0.2, -0.15) is 0 Å². The van der Waals surface area contributed by atoms with Gasteiger partial charge in [-0.3, -0.25) is 4.79 Å². The van der Waals surface area contributed by atoms with Crippen LogP contribution in [-0.2, 0) is 14.3 Å². The van der Waals surface area contributed by atoms with Gasteiger partial charge in [0.05, 0.1) is 13.7 Å². The van der Waals surface area contributed by atoms with Gasteiger partial charge in [0.25, 0.3) is 5.92 Å². The molecule has 6 heteroatoms. The van der Waals surface area contributed by atoms with Gasteiger partial charge in [-0.05, 0) is 6.08 Å². The minimum atomic E-state index is -3.04. The summed E-state index contributed by atoms with van der Waals surface area (Å²) in [6, 6.07) is -1.21. The van der Waals surface area contributed by atoms with E-state index in [0.29, 0.717) is 0 Å². The molecule has 15 heavy (non-hydrogen) atoms. The number of hydrogen-bond acceptors (Lipinski definition) is 3. The molecule has 0 N–H and O–H groups in total. The Labute approximate surface area is 85.5 Å². The standard InChI is InChI=1S/C9H11F2NO3/c1-3-7(13)12-5-9(10,11)4-6(12)8(14)15-2/h3,6H,1,4-5H2,2H3/t6-/m1/s1. The lowest BCUT2D eigenvalue weighted by Crippen LogP contribution is -2.40. The van der Waals surface area contributed by atoms with Crippen molar-refractivity contribution in [1.29, 1.82) is 0 Å². The lowest BCUT2D eigenvalue weighted by atomic mass is 10.2. The average molecular weight is 219 g/mol. The highest BCUT2D eigenvalue weighted by atomic mass is 19.3. The lowest BCUT2D eigenvalue weighted by molar-refractivity contribution is -0.149. The maximum Gasteiger partial charge on any atom is 0.328 e. The minimum Gasteiger partial charge on any atom is -0.467 e. The Kier molecular flexibility index (Phi) is 3.06. The number of carbonyl (C=O) groups is 2. The van der Waals surface area contributed by atoms with Gasteiger partial charge in [-0.15, -0.1) is 0 Å². The number of alkyl halides is 2. The Morgan fingerprint density at radius 2 is 2.20 bits per heavy atom. The first-order valence-electron chi connectivity index (χ1n) is 4.30. The van der Waals surface area contributed by atoms with E-state index in [9.17, 15) is 18.4 Å². The molecule has 1 aliphatic rings. The van der Waals surface area contributed by atoms with Crippen LogP contribution >= 0.6 is 0 Å². The molecule has 0 aromatic rings. The Bertz CT molecular complexity index is 304. The van der Waals surface area contributed by atoms with E-state index < -0.39 is 36.8 Å². The summed E-state index contributed by atoms with van der Waals surface area (Å²) < 4.78 is 30.4. The number of nitrogens with zero attached hydrogens (tertiary/aromatic N) is 1. The van der Waals surface area contributed by atoms with E-state index in [-0.39, 0.29) is 0 Å². The quantitative estimate of drug-likeness (QED) is 0.504. The number of likely N-dealkylation sites (tertiary alicyclic amines) is 1. The highest BCUT2D eigenvalue weighted by Gasteiger charge is 2.49. The number of methoxy groups -OCH3 is 1. The molecule has 1 amide bonds. The zero-order chi connectivity index (χ0) is 11.6. The highest BCUT2D eigenvalue weighted by Crippen LogP contribution is 2.32. The van der Waals surface area contributed by atoms with Crippen LogP contribution in [0.5, 0.6) is 0 Å². The van der Waals surface area contributed by atoms with Crippen molar-refractivity contribution in [2.75, 3.05) is 13.7 Å². The van der Waals surface area contributed by atoms with Gasteiger partial charge < -0.3 is 9.64 Å². The predicted octanol–water partition coefficient (Wildman–Crippen LogP) is 0.582. The van der Waals surface area contributed by atoms with Crippen molar-refractivity contribution < 1.29 is 23.1 Å². The topological polar surface area (TPSA) is 46.6 Å². The first kappa shape index (κ1) is 11.6. The second-order valence-electron chi connectivity index (χ2n) is 3.27. The van der Waals surface area contributed by atoms with Crippen LogP contribution in [0.3, 0.4) is 0 Å². The molecule has 1 fully saturated rings. The number of rotatable bonds is 2. The maximum absolute atomic E-state index is 13.0. The van der Waals surface area contributed by atoms with Crippen molar-refractivity contribution in [3.05, 3.63) is 12.7 Å². The van der Waals surface area contributed by atoms with Crippen LogP contribution in [0.4, 0.5) is 8.78 Å². The van der Waals surface area contributed by atoms with Crippen molar-refractivity contribution in [2.45, 2.75) is 18.4 Å². The van der Waals surface area contributed by atoms with Crippen LogP contribution in [0.15, 0.2) is 12.7 Å². The summed E-state index contributed by atoms with van der Waals surface area (Å²) in [5, 5.41) is 0. The van der Waals surface area contributed by atoms with E-state index in [1.165, 1.54) is 0 Å². The summed E-state index contributed by atoms with van der Waals surface area (Å²) in [7, 11) is 1.09. The summed E-state index contributed by atoms with van der Waals surface area (Å²) in [4.78, 5) is 23.1.